The van der Waals surface area contributed by atoms with Crippen LogP contribution in [-0.2, 0) is 13.2 Å². The van der Waals surface area contributed by atoms with Crippen molar-refractivity contribution in [2.45, 2.75) is 40.0 Å². The maximum absolute atomic E-state index is 10.7. The number of hydrogen-bond donors (Lipinski definition) is 1. The molecule has 0 amide bonds. The number of fused-ring (bicyclic) bond motifs is 1. The molecule has 31 heavy (non-hydrogen) atoms. The van der Waals surface area contributed by atoms with Gasteiger partial charge in [-0.1, -0.05) is 42.0 Å². The van der Waals surface area contributed by atoms with Gasteiger partial charge in [-0.25, -0.2) is 4.98 Å². The summed E-state index contributed by atoms with van der Waals surface area (Å²) in [5, 5.41) is 10.7. The average Bonchev–Trinajstić information content (AvgIpc) is 3.12. The quantitative estimate of drug-likeness (QED) is 0.440. The molecule has 0 radical (unpaired) electrons. The van der Waals surface area contributed by atoms with E-state index in [1.165, 1.54) is 11.1 Å². The zero-order valence-electron chi connectivity index (χ0n) is 18.2. The summed E-state index contributed by atoms with van der Waals surface area (Å²) >= 11 is 0. The molecule has 160 valence electrons. The lowest BCUT2D eigenvalue weighted by Crippen LogP contribution is -2.25. The van der Waals surface area contributed by atoms with E-state index in [-0.39, 0.29) is 6.61 Å². The first-order chi connectivity index (χ1) is 15.0. The van der Waals surface area contributed by atoms with Crippen molar-refractivity contribution in [1.29, 1.82) is 0 Å². The lowest BCUT2D eigenvalue weighted by molar-refractivity contribution is 0.0914. The predicted octanol–water partition coefficient (Wildman–Crippen LogP) is 4.98. The standard InChI is InChI=1S/C26H28N2O3/c1-18-11-13-22(14-12-18)30-17-26-27-23-8-4-5-9-24(23)28(26)15-21(29)16-31-25-10-6-7-19(2)20(25)3/h4-14,21,29H,15-17H2,1-3H3/t21-/m0/s1. The van der Waals surface area contributed by atoms with Gasteiger partial charge in [0.2, 0.25) is 0 Å². The van der Waals surface area contributed by atoms with Gasteiger partial charge in [0.05, 0.1) is 17.6 Å². The molecule has 0 unspecified atom stereocenters. The minimum atomic E-state index is -0.685. The van der Waals surface area contributed by atoms with Crippen LogP contribution in [0.2, 0.25) is 0 Å². The SMILES string of the molecule is Cc1ccc(OCc2nc3ccccc3n2C[C@H](O)COc2cccc(C)c2C)cc1. The van der Waals surface area contributed by atoms with Gasteiger partial charge in [-0.3, -0.25) is 0 Å². The van der Waals surface area contributed by atoms with Gasteiger partial charge in [-0.05, 0) is 62.2 Å². The van der Waals surface area contributed by atoms with Crippen molar-refractivity contribution >= 4 is 11.0 Å². The first kappa shape index (κ1) is 20.9. The van der Waals surface area contributed by atoms with E-state index in [0.717, 1.165) is 33.9 Å². The molecule has 3 aromatic carbocycles. The Morgan fingerprint density at radius 1 is 0.903 bits per heavy atom. The molecule has 0 aliphatic heterocycles. The Hall–Kier alpha value is -3.31. The zero-order chi connectivity index (χ0) is 21.8. The van der Waals surface area contributed by atoms with Crippen LogP contribution >= 0.6 is 0 Å². The second-order valence-electron chi connectivity index (χ2n) is 7.89. The topological polar surface area (TPSA) is 56.5 Å². The Labute approximate surface area is 182 Å². The van der Waals surface area contributed by atoms with E-state index in [1.807, 2.05) is 79.1 Å². The number of ether oxygens (including phenoxy) is 2. The third-order valence-electron chi connectivity index (χ3n) is 5.50. The van der Waals surface area contributed by atoms with E-state index in [1.54, 1.807) is 0 Å². The first-order valence-electron chi connectivity index (χ1n) is 10.5. The summed E-state index contributed by atoms with van der Waals surface area (Å²) in [7, 11) is 0. The number of aryl methyl sites for hydroxylation is 2. The van der Waals surface area contributed by atoms with E-state index in [4.69, 9.17) is 14.5 Å². The number of para-hydroxylation sites is 2. The molecule has 0 bridgehead atoms. The number of hydrogen-bond acceptors (Lipinski definition) is 4. The van der Waals surface area contributed by atoms with Crippen LogP contribution in [0.25, 0.3) is 11.0 Å². The highest BCUT2D eigenvalue weighted by atomic mass is 16.5. The Balaban J connectivity index is 1.49. The zero-order valence-corrected chi connectivity index (χ0v) is 18.2. The van der Waals surface area contributed by atoms with Gasteiger partial charge in [0, 0.05) is 0 Å². The number of aromatic nitrogens is 2. The molecule has 0 saturated carbocycles. The van der Waals surface area contributed by atoms with E-state index < -0.39 is 6.10 Å². The molecule has 5 nitrogen and oxygen atoms in total. The molecule has 1 atom stereocenters. The van der Waals surface area contributed by atoms with E-state index in [0.29, 0.717) is 13.2 Å². The molecular weight excluding hydrogens is 388 g/mol. The minimum Gasteiger partial charge on any atom is -0.491 e. The molecule has 0 aliphatic carbocycles. The number of aliphatic hydroxyl groups excluding tert-OH is 1. The van der Waals surface area contributed by atoms with Crippen molar-refractivity contribution in [3.8, 4) is 11.5 Å². The molecule has 5 heteroatoms. The molecule has 4 rings (SSSR count). The maximum atomic E-state index is 10.7. The monoisotopic (exact) mass is 416 g/mol. The van der Waals surface area contributed by atoms with Crippen molar-refractivity contribution in [1.82, 2.24) is 9.55 Å². The van der Waals surface area contributed by atoms with Gasteiger partial charge in [-0.15, -0.1) is 0 Å². The second-order valence-corrected chi connectivity index (χ2v) is 7.89. The third-order valence-corrected chi connectivity index (χ3v) is 5.50. The van der Waals surface area contributed by atoms with Crippen LogP contribution in [-0.4, -0.2) is 27.4 Å². The van der Waals surface area contributed by atoms with Crippen molar-refractivity contribution < 1.29 is 14.6 Å². The number of benzene rings is 3. The Morgan fingerprint density at radius 2 is 1.68 bits per heavy atom. The highest BCUT2D eigenvalue weighted by molar-refractivity contribution is 5.75. The Morgan fingerprint density at radius 3 is 2.48 bits per heavy atom. The van der Waals surface area contributed by atoms with Crippen LogP contribution < -0.4 is 9.47 Å². The molecule has 0 saturated heterocycles. The second kappa shape index (κ2) is 9.23. The minimum absolute atomic E-state index is 0.203. The molecule has 0 fully saturated rings. The average molecular weight is 417 g/mol. The summed E-state index contributed by atoms with van der Waals surface area (Å²) in [6.45, 7) is 7.03. The van der Waals surface area contributed by atoms with Crippen molar-refractivity contribution in [3.05, 3.63) is 89.2 Å². The molecule has 1 heterocycles. The summed E-state index contributed by atoms with van der Waals surface area (Å²) in [6, 6.07) is 21.8. The van der Waals surface area contributed by atoms with Gasteiger partial charge in [0.1, 0.15) is 36.6 Å². The molecule has 0 spiro atoms. The van der Waals surface area contributed by atoms with Crippen LogP contribution in [0.15, 0.2) is 66.7 Å². The van der Waals surface area contributed by atoms with Gasteiger partial charge in [0.15, 0.2) is 0 Å². The van der Waals surface area contributed by atoms with Crippen LogP contribution in [0, 0.1) is 20.8 Å². The third kappa shape index (κ3) is 4.89. The van der Waals surface area contributed by atoms with E-state index in [2.05, 4.69) is 13.0 Å². The fourth-order valence-corrected chi connectivity index (χ4v) is 3.55. The predicted molar refractivity (Wildman–Crippen MR) is 123 cm³/mol. The highest BCUT2D eigenvalue weighted by Gasteiger charge is 2.16. The normalized spacial score (nSPS) is 12.1. The molecule has 4 aromatic rings. The summed E-state index contributed by atoms with van der Waals surface area (Å²) in [5.74, 6) is 2.37. The maximum Gasteiger partial charge on any atom is 0.148 e. The van der Waals surface area contributed by atoms with Crippen LogP contribution in [0.1, 0.15) is 22.5 Å². The fraction of sp³-hybridized carbons (Fsp3) is 0.269. The lowest BCUT2D eigenvalue weighted by atomic mass is 10.1. The smallest absolute Gasteiger partial charge is 0.148 e. The Kier molecular flexibility index (Phi) is 6.23. The summed E-state index contributed by atoms with van der Waals surface area (Å²) < 4.78 is 13.9. The number of aliphatic hydroxyl groups is 1. The summed E-state index contributed by atoms with van der Waals surface area (Å²) in [6.07, 6.45) is -0.685. The number of imidazole rings is 1. The molecule has 1 aromatic heterocycles. The summed E-state index contributed by atoms with van der Waals surface area (Å²) in [5.41, 5.74) is 5.30. The van der Waals surface area contributed by atoms with E-state index in [9.17, 15) is 5.11 Å². The largest absolute Gasteiger partial charge is 0.491 e. The number of nitrogens with zero attached hydrogens (tertiary/aromatic N) is 2. The van der Waals surface area contributed by atoms with Crippen LogP contribution in [0.3, 0.4) is 0 Å². The Bertz CT molecular complexity index is 1170. The molecule has 0 aliphatic rings. The van der Waals surface area contributed by atoms with Gasteiger partial charge in [0.25, 0.3) is 0 Å². The van der Waals surface area contributed by atoms with Crippen molar-refractivity contribution in [2.75, 3.05) is 6.61 Å². The number of rotatable bonds is 8. The first-order valence-corrected chi connectivity index (χ1v) is 10.5. The van der Waals surface area contributed by atoms with Crippen molar-refractivity contribution in [3.63, 3.8) is 0 Å². The molecule has 1 N–H and O–H groups in total. The van der Waals surface area contributed by atoms with Crippen LogP contribution in [0.5, 0.6) is 11.5 Å². The van der Waals surface area contributed by atoms with Gasteiger partial charge >= 0.3 is 0 Å². The summed E-state index contributed by atoms with van der Waals surface area (Å²) in [4.78, 5) is 4.73. The van der Waals surface area contributed by atoms with Crippen LogP contribution in [0.4, 0.5) is 0 Å². The fourth-order valence-electron chi connectivity index (χ4n) is 3.55. The van der Waals surface area contributed by atoms with E-state index >= 15 is 0 Å². The molecular formula is C26H28N2O3. The van der Waals surface area contributed by atoms with Crippen molar-refractivity contribution in [2.24, 2.45) is 0 Å². The lowest BCUT2D eigenvalue weighted by Gasteiger charge is -2.17. The van der Waals surface area contributed by atoms with Gasteiger partial charge < -0.3 is 19.1 Å². The van der Waals surface area contributed by atoms with Gasteiger partial charge in [-0.2, -0.15) is 0 Å². The highest BCUT2D eigenvalue weighted by Crippen LogP contribution is 2.22.